The summed E-state index contributed by atoms with van der Waals surface area (Å²) in [5.41, 5.74) is 3.93. The first kappa shape index (κ1) is 16.6. The van der Waals surface area contributed by atoms with Gasteiger partial charge in [0.1, 0.15) is 5.82 Å². The van der Waals surface area contributed by atoms with E-state index >= 15 is 0 Å². The Hall–Kier alpha value is -2.73. The summed E-state index contributed by atoms with van der Waals surface area (Å²) in [5, 5.41) is 6.52. The quantitative estimate of drug-likeness (QED) is 0.515. The van der Waals surface area contributed by atoms with Crippen molar-refractivity contribution in [1.82, 2.24) is 5.43 Å². The summed E-state index contributed by atoms with van der Waals surface area (Å²) in [7, 11) is 0. The van der Waals surface area contributed by atoms with Crippen LogP contribution in [0.2, 0.25) is 5.02 Å². The molecule has 2 aromatic rings. The molecule has 0 heterocycles. The third kappa shape index (κ3) is 4.89. The highest BCUT2D eigenvalue weighted by molar-refractivity contribution is 6.39. The number of halogens is 2. The second-order valence-corrected chi connectivity index (χ2v) is 5.08. The average Bonchev–Trinajstić information content (AvgIpc) is 2.52. The summed E-state index contributed by atoms with van der Waals surface area (Å²) in [6.07, 6.45) is 1.30. The number of hydrazone groups is 1. The van der Waals surface area contributed by atoms with Crippen LogP contribution in [0.1, 0.15) is 11.1 Å². The lowest BCUT2D eigenvalue weighted by Crippen LogP contribution is -2.32. The molecule has 0 atom stereocenters. The normalized spacial score (nSPS) is 10.6. The predicted octanol–water partition coefficient (Wildman–Crippen LogP) is 2.88. The van der Waals surface area contributed by atoms with Crippen molar-refractivity contribution in [1.29, 1.82) is 0 Å². The van der Waals surface area contributed by atoms with Crippen molar-refractivity contribution in [2.45, 2.75) is 6.92 Å². The van der Waals surface area contributed by atoms with E-state index in [4.69, 9.17) is 11.6 Å². The Labute approximate surface area is 137 Å². The van der Waals surface area contributed by atoms with Gasteiger partial charge in [0.25, 0.3) is 0 Å². The van der Waals surface area contributed by atoms with Gasteiger partial charge in [0.15, 0.2) is 0 Å². The fourth-order valence-electron chi connectivity index (χ4n) is 1.62. The molecule has 0 aliphatic carbocycles. The van der Waals surface area contributed by atoms with E-state index in [1.807, 2.05) is 6.92 Å². The molecule has 0 saturated carbocycles. The molecule has 0 unspecified atom stereocenters. The number of carbonyl (C=O) groups excluding carboxylic acids is 2. The Morgan fingerprint density at radius 2 is 1.83 bits per heavy atom. The summed E-state index contributed by atoms with van der Waals surface area (Å²) in [6.45, 7) is 1.82. The predicted molar refractivity (Wildman–Crippen MR) is 87.0 cm³/mol. The molecule has 0 spiro atoms. The second-order valence-electron chi connectivity index (χ2n) is 4.67. The number of rotatable bonds is 3. The van der Waals surface area contributed by atoms with E-state index in [2.05, 4.69) is 15.8 Å². The number of amides is 2. The lowest BCUT2D eigenvalue weighted by Gasteiger charge is -2.05. The maximum atomic E-state index is 12.7. The van der Waals surface area contributed by atoms with Gasteiger partial charge in [0.05, 0.1) is 6.21 Å². The van der Waals surface area contributed by atoms with Crippen molar-refractivity contribution in [2.75, 3.05) is 5.32 Å². The third-order valence-corrected chi connectivity index (χ3v) is 3.29. The zero-order valence-electron chi connectivity index (χ0n) is 12.1. The Kier molecular flexibility index (Phi) is 5.43. The van der Waals surface area contributed by atoms with Crippen molar-refractivity contribution in [3.63, 3.8) is 0 Å². The smallest absolute Gasteiger partial charge is 0.318 e. The molecule has 0 fully saturated rings. The maximum Gasteiger partial charge on any atom is 0.329 e. The van der Waals surface area contributed by atoms with Crippen molar-refractivity contribution in [3.8, 4) is 0 Å². The third-order valence-electron chi connectivity index (χ3n) is 2.89. The monoisotopic (exact) mass is 333 g/mol. The van der Waals surface area contributed by atoms with Gasteiger partial charge in [0, 0.05) is 10.7 Å². The molecular weight excluding hydrogens is 321 g/mol. The van der Waals surface area contributed by atoms with Crippen LogP contribution in [0.5, 0.6) is 0 Å². The van der Waals surface area contributed by atoms with Gasteiger partial charge < -0.3 is 5.32 Å². The Morgan fingerprint density at radius 3 is 2.48 bits per heavy atom. The molecule has 118 valence electrons. The molecule has 7 heteroatoms. The molecule has 0 radical (unpaired) electrons. The lowest BCUT2D eigenvalue weighted by molar-refractivity contribution is -0.136. The van der Waals surface area contributed by atoms with Crippen LogP contribution in [-0.4, -0.2) is 18.0 Å². The van der Waals surface area contributed by atoms with Crippen LogP contribution in [0, 0.1) is 12.7 Å². The number of carbonyl (C=O) groups is 2. The van der Waals surface area contributed by atoms with Gasteiger partial charge in [-0.25, -0.2) is 9.82 Å². The Bertz CT molecular complexity index is 760. The lowest BCUT2D eigenvalue weighted by atomic mass is 10.2. The fourth-order valence-corrected chi connectivity index (χ4v) is 1.80. The van der Waals surface area contributed by atoms with E-state index < -0.39 is 11.8 Å². The van der Waals surface area contributed by atoms with Gasteiger partial charge in [-0.15, -0.1) is 0 Å². The molecule has 0 saturated heterocycles. The number of hydrogen-bond acceptors (Lipinski definition) is 3. The molecule has 0 aliphatic heterocycles. The van der Waals surface area contributed by atoms with Gasteiger partial charge in [-0.05, 0) is 42.3 Å². The van der Waals surface area contributed by atoms with E-state index in [1.165, 1.54) is 30.5 Å². The standard InChI is InChI=1S/C16H13ClFN3O2/c1-10-2-7-13(8-14(10)17)20-15(22)16(23)21-19-9-11-3-5-12(18)6-4-11/h2-9H,1H3,(H,20,22)(H,21,23). The minimum Gasteiger partial charge on any atom is -0.318 e. The van der Waals surface area contributed by atoms with Gasteiger partial charge >= 0.3 is 11.8 Å². The van der Waals surface area contributed by atoms with Crippen molar-refractivity contribution in [2.24, 2.45) is 5.10 Å². The highest BCUT2D eigenvalue weighted by Crippen LogP contribution is 2.19. The van der Waals surface area contributed by atoms with Crippen LogP contribution in [0.4, 0.5) is 10.1 Å². The molecular formula is C16H13ClFN3O2. The number of anilines is 1. The molecule has 2 N–H and O–H groups in total. The van der Waals surface area contributed by atoms with Crippen molar-refractivity contribution < 1.29 is 14.0 Å². The average molecular weight is 334 g/mol. The topological polar surface area (TPSA) is 70.6 Å². The Morgan fingerprint density at radius 1 is 1.13 bits per heavy atom. The highest BCUT2D eigenvalue weighted by atomic mass is 35.5. The minimum atomic E-state index is -0.931. The van der Waals surface area contributed by atoms with Gasteiger partial charge in [-0.3, -0.25) is 9.59 Å². The summed E-state index contributed by atoms with van der Waals surface area (Å²) in [4.78, 5) is 23.3. The van der Waals surface area contributed by atoms with Crippen LogP contribution >= 0.6 is 11.6 Å². The first-order chi connectivity index (χ1) is 11.0. The van der Waals surface area contributed by atoms with Crippen LogP contribution in [0.3, 0.4) is 0 Å². The summed E-state index contributed by atoms with van der Waals surface area (Å²) in [6, 6.07) is 10.4. The first-order valence-corrected chi connectivity index (χ1v) is 6.99. The van der Waals surface area contributed by atoms with E-state index in [9.17, 15) is 14.0 Å². The first-order valence-electron chi connectivity index (χ1n) is 6.62. The summed E-state index contributed by atoms with van der Waals surface area (Å²) in [5.74, 6) is -2.18. The molecule has 0 aliphatic rings. The highest BCUT2D eigenvalue weighted by Gasteiger charge is 2.13. The van der Waals surface area contributed by atoms with Crippen molar-refractivity contribution in [3.05, 3.63) is 64.4 Å². The molecule has 2 amide bonds. The number of benzene rings is 2. The zero-order chi connectivity index (χ0) is 16.8. The Balaban J connectivity index is 1.90. The molecule has 23 heavy (non-hydrogen) atoms. The van der Waals surface area contributed by atoms with E-state index in [0.29, 0.717) is 16.3 Å². The van der Waals surface area contributed by atoms with E-state index in [1.54, 1.807) is 18.2 Å². The maximum absolute atomic E-state index is 12.7. The summed E-state index contributed by atoms with van der Waals surface area (Å²) >= 11 is 5.94. The van der Waals surface area contributed by atoms with E-state index in [0.717, 1.165) is 5.56 Å². The molecule has 2 aromatic carbocycles. The van der Waals surface area contributed by atoms with Gasteiger partial charge in [0.2, 0.25) is 0 Å². The molecule has 2 rings (SSSR count). The summed E-state index contributed by atoms with van der Waals surface area (Å²) < 4.78 is 12.7. The molecule has 5 nitrogen and oxygen atoms in total. The largest absolute Gasteiger partial charge is 0.329 e. The van der Waals surface area contributed by atoms with Crippen LogP contribution in [-0.2, 0) is 9.59 Å². The molecule has 0 bridgehead atoms. The second kappa shape index (κ2) is 7.51. The number of nitrogens with zero attached hydrogens (tertiary/aromatic N) is 1. The van der Waals surface area contributed by atoms with Crippen LogP contribution < -0.4 is 10.7 Å². The van der Waals surface area contributed by atoms with Gasteiger partial charge in [-0.1, -0.05) is 29.8 Å². The van der Waals surface area contributed by atoms with Gasteiger partial charge in [-0.2, -0.15) is 5.10 Å². The number of nitrogens with one attached hydrogen (secondary N) is 2. The number of hydrogen-bond donors (Lipinski definition) is 2. The molecule has 0 aromatic heterocycles. The van der Waals surface area contributed by atoms with Crippen LogP contribution in [0.25, 0.3) is 0 Å². The number of aryl methyl sites for hydroxylation is 1. The van der Waals surface area contributed by atoms with Crippen molar-refractivity contribution >= 4 is 35.3 Å². The minimum absolute atomic E-state index is 0.373. The fraction of sp³-hybridized carbons (Fsp3) is 0.0625. The SMILES string of the molecule is Cc1ccc(NC(=O)C(=O)NN=Cc2ccc(F)cc2)cc1Cl. The van der Waals surface area contributed by atoms with E-state index in [-0.39, 0.29) is 5.82 Å². The zero-order valence-corrected chi connectivity index (χ0v) is 12.9. The van der Waals surface area contributed by atoms with Crippen LogP contribution in [0.15, 0.2) is 47.6 Å².